The van der Waals surface area contributed by atoms with E-state index in [4.69, 9.17) is 23.2 Å². The third-order valence-electron chi connectivity index (χ3n) is 3.96. The lowest BCUT2D eigenvalue weighted by Gasteiger charge is -2.27. The van der Waals surface area contributed by atoms with Crippen molar-refractivity contribution in [1.29, 1.82) is 0 Å². The number of nitrogens with one attached hydrogen (secondary N) is 1. The van der Waals surface area contributed by atoms with E-state index in [-0.39, 0.29) is 6.04 Å². The van der Waals surface area contributed by atoms with Crippen LogP contribution in [0.15, 0.2) is 18.2 Å². The molecule has 0 aromatic heterocycles. The number of halogens is 2. The van der Waals surface area contributed by atoms with Crippen molar-refractivity contribution in [2.24, 2.45) is 0 Å². The molecule has 1 aliphatic carbocycles. The van der Waals surface area contributed by atoms with Crippen LogP contribution in [0.1, 0.15) is 50.6 Å². The quantitative estimate of drug-likeness (QED) is 0.848. The minimum atomic E-state index is -0.535. The molecule has 2 N–H and O–H groups in total. The molecular formula is C15H21Cl2NO. The molecule has 0 amide bonds. The summed E-state index contributed by atoms with van der Waals surface area (Å²) in [5.41, 5.74) is 0.516. The smallest absolute Gasteiger partial charge is 0.0771 e. The Bertz CT molecular complexity index is 430. The van der Waals surface area contributed by atoms with Gasteiger partial charge < -0.3 is 10.4 Å². The summed E-state index contributed by atoms with van der Waals surface area (Å²) in [6.07, 6.45) is 4.96. The Morgan fingerprint density at radius 1 is 1.32 bits per heavy atom. The first-order chi connectivity index (χ1) is 9.04. The molecule has 106 valence electrons. The first-order valence-electron chi connectivity index (χ1n) is 6.95. The van der Waals surface area contributed by atoms with Crippen LogP contribution in [0.2, 0.25) is 10.0 Å². The lowest BCUT2D eigenvalue weighted by molar-refractivity contribution is 0.0446. The predicted octanol–water partition coefficient (Wildman–Crippen LogP) is 4.34. The van der Waals surface area contributed by atoms with E-state index in [0.29, 0.717) is 16.6 Å². The molecular weight excluding hydrogens is 281 g/mol. The van der Waals surface area contributed by atoms with Gasteiger partial charge in [0.15, 0.2) is 0 Å². The molecule has 1 aliphatic rings. The van der Waals surface area contributed by atoms with Crippen LogP contribution < -0.4 is 5.32 Å². The molecule has 0 aliphatic heterocycles. The summed E-state index contributed by atoms with van der Waals surface area (Å²) in [5, 5.41) is 15.2. The van der Waals surface area contributed by atoms with Gasteiger partial charge in [0, 0.05) is 22.6 Å². The summed E-state index contributed by atoms with van der Waals surface area (Å²) in [6, 6.07) is 5.75. The molecule has 1 aromatic rings. The molecule has 0 heterocycles. The minimum absolute atomic E-state index is 0.161. The maximum absolute atomic E-state index is 10.4. The van der Waals surface area contributed by atoms with Crippen LogP contribution in [-0.4, -0.2) is 17.3 Å². The molecule has 1 aromatic carbocycles. The maximum Gasteiger partial charge on any atom is 0.0771 e. The lowest BCUT2D eigenvalue weighted by Crippen LogP contribution is -2.39. The third-order valence-corrected chi connectivity index (χ3v) is 4.52. The van der Waals surface area contributed by atoms with E-state index < -0.39 is 5.60 Å². The normalized spacial score (nSPS) is 19.6. The molecule has 19 heavy (non-hydrogen) atoms. The molecule has 2 nitrogen and oxygen atoms in total. The molecule has 1 unspecified atom stereocenters. The van der Waals surface area contributed by atoms with Crippen molar-refractivity contribution < 1.29 is 5.11 Å². The van der Waals surface area contributed by atoms with Crippen molar-refractivity contribution in [2.75, 3.05) is 6.54 Å². The molecule has 0 saturated heterocycles. The van der Waals surface area contributed by atoms with E-state index in [9.17, 15) is 5.11 Å². The zero-order valence-electron chi connectivity index (χ0n) is 11.3. The SMILES string of the molecule is CCC(NCC1(O)CCCC1)c1ccc(Cl)cc1Cl. The summed E-state index contributed by atoms with van der Waals surface area (Å²) in [7, 11) is 0. The van der Waals surface area contributed by atoms with Crippen LogP contribution in [0.3, 0.4) is 0 Å². The highest BCUT2D eigenvalue weighted by Gasteiger charge is 2.31. The Morgan fingerprint density at radius 2 is 2.00 bits per heavy atom. The van der Waals surface area contributed by atoms with Crippen LogP contribution in [0.4, 0.5) is 0 Å². The zero-order valence-corrected chi connectivity index (χ0v) is 12.8. The number of rotatable bonds is 5. The van der Waals surface area contributed by atoms with Gasteiger partial charge in [-0.25, -0.2) is 0 Å². The first-order valence-corrected chi connectivity index (χ1v) is 7.70. The van der Waals surface area contributed by atoms with Gasteiger partial charge in [-0.2, -0.15) is 0 Å². The van der Waals surface area contributed by atoms with Gasteiger partial charge in [0.05, 0.1) is 5.60 Å². The van der Waals surface area contributed by atoms with Gasteiger partial charge in [-0.15, -0.1) is 0 Å². The van der Waals surface area contributed by atoms with Crippen molar-refractivity contribution in [3.63, 3.8) is 0 Å². The largest absolute Gasteiger partial charge is 0.389 e. The average molecular weight is 302 g/mol. The van der Waals surface area contributed by atoms with E-state index in [0.717, 1.165) is 37.7 Å². The second kappa shape index (κ2) is 6.45. The van der Waals surface area contributed by atoms with Crippen molar-refractivity contribution >= 4 is 23.2 Å². The van der Waals surface area contributed by atoms with E-state index >= 15 is 0 Å². The molecule has 0 spiro atoms. The Morgan fingerprint density at radius 3 is 2.58 bits per heavy atom. The van der Waals surface area contributed by atoms with Crippen LogP contribution in [-0.2, 0) is 0 Å². The fourth-order valence-corrected chi connectivity index (χ4v) is 3.32. The highest BCUT2D eigenvalue weighted by atomic mass is 35.5. The van der Waals surface area contributed by atoms with Gasteiger partial charge in [-0.05, 0) is 37.0 Å². The topological polar surface area (TPSA) is 32.3 Å². The number of benzene rings is 1. The van der Waals surface area contributed by atoms with Crippen LogP contribution >= 0.6 is 23.2 Å². The van der Waals surface area contributed by atoms with E-state index in [1.165, 1.54) is 0 Å². The summed E-state index contributed by atoms with van der Waals surface area (Å²) >= 11 is 12.2. The van der Waals surface area contributed by atoms with Crippen molar-refractivity contribution in [3.8, 4) is 0 Å². The van der Waals surface area contributed by atoms with Crippen LogP contribution in [0.5, 0.6) is 0 Å². The van der Waals surface area contributed by atoms with Gasteiger partial charge in [0.2, 0.25) is 0 Å². The van der Waals surface area contributed by atoms with Gasteiger partial charge in [0.1, 0.15) is 0 Å². The van der Waals surface area contributed by atoms with Gasteiger partial charge in [-0.3, -0.25) is 0 Å². The Hall–Kier alpha value is -0.280. The van der Waals surface area contributed by atoms with Crippen molar-refractivity contribution in [1.82, 2.24) is 5.32 Å². The van der Waals surface area contributed by atoms with Gasteiger partial charge in [0.25, 0.3) is 0 Å². The molecule has 4 heteroatoms. The second-order valence-corrected chi connectivity index (χ2v) is 6.28. The summed E-state index contributed by atoms with van der Waals surface area (Å²) in [5.74, 6) is 0. The molecule has 1 atom stereocenters. The molecule has 2 rings (SSSR count). The van der Waals surface area contributed by atoms with E-state index in [2.05, 4.69) is 12.2 Å². The Labute approximate surface area is 125 Å². The number of hydrogen-bond acceptors (Lipinski definition) is 2. The number of hydrogen-bond donors (Lipinski definition) is 2. The first kappa shape index (κ1) is 15.1. The lowest BCUT2D eigenvalue weighted by atomic mass is 9.99. The standard InChI is InChI=1S/C15H21Cl2NO/c1-2-14(12-6-5-11(16)9-13(12)17)18-10-15(19)7-3-4-8-15/h5-6,9,14,18-19H,2-4,7-8,10H2,1H3. The molecule has 1 fully saturated rings. The van der Waals surface area contributed by atoms with Gasteiger partial charge >= 0.3 is 0 Å². The zero-order chi connectivity index (χ0) is 13.9. The highest BCUT2D eigenvalue weighted by molar-refractivity contribution is 6.35. The second-order valence-electron chi connectivity index (χ2n) is 5.44. The van der Waals surface area contributed by atoms with Crippen LogP contribution in [0, 0.1) is 0 Å². The molecule has 0 radical (unpaired) electrons. The van der Waals surface area contributed by atoms with E-state index in [1.807, 2.05) is 12.1 Å². The predicted molar refractivity (Wildman–Crippen MR) is 80.9 cm³/mol. The van der Waals surface area contributed by atoms with Crippen molar-refractivity contribution in [2.45, 2.75) is 50.7 Å². The summed E-state index contributed by atoms with van der Waals surface area (Å²) < 4.78 is 0. The number of aliphatic hydroxyl groups is 1. The average Bonchev–Trinajstić information content (AvgIpc) is 2.79. The Kier molecular flexibility index (Phi) is 5.13. The molecule has 1 saturated carbocycles. The molecule has 0 bridgehead atoms. The third kappa shape index (κ3) is 3.85. The maximum atomic E-state index is 10.4. The Balaban J connectivity index is 2.03. The van der Waals surface area contributed by atoms with E-state index in [1.54, 1.807) is 6.07 Å². The monoisotopic (exact) mass is 301 g/mol. The fourth-order valence-electron chi connectivity index (χ4n) is 2.78. The highest BCUT2D eigenvalue weighted by Crippen LogP contribution is 2.31. The summed E-state index contributed by atoms with van der Waals surface area (Å²) in [4.78, 5) is 0. The van der Waals surface area contributed by atoms with Crippen molar-refractivity contribution in [3.05, 3.63) is 33.8 Å². The van der Waals surface area contributed by atoms with Crippen LogP contribution in [0.25, 0.3) is 0 Å². The van der Waals surface area contributed by atoms with Gasteiger partial charge in [-0.1, -0.05) is 49.0 Å². The fraction of sp³-hybridized carbons (Fsp3) is 0.600. The minimum Gasteiger partial charge on any atom is -0.389 e. The summed E-state index contributed by atoms with van der Waals surface area (Å²) in [6.45, 7) is 2.74.